The molecule has 1 N–H and O–H groups in total. The molecule has 3 nitrogen and oxygen atoms in total. The van der Waals surface area contributed by atoms with Crippen LogP contribution in [0.25, 0.3) is 0 Å². The maximum atomic E-state index is 12.7. The largest absolute Gasteiger partial charge is 0.416 e. The van der Waals surface area contributed by atoms with Gasteiger partial charge in [0.25, 0.3) is 0 Å². The van der Waals surface area contributed by atoms with E-state index in [9.17, 15) is 18.0 Å². The molecule has 1 atom stereocenters. The maximum absolute atomic E-state index is 12.7. The summed E-state index contributed by atoms with van der Waals surface area (Å²) in [4.78, 5) is 16.1. The Morgan fingerprint density at radius 3 is 2.73 bits per heavy atom. The van der Waals surface area contributed by atoms with E-state index in [1.807, 2.05) is 6.92 Å². The molecule has 2 rings (SSSR count). The highest BCUT2D eigenvalue weighted by atomic mass is 32.1. The Morgan fingerprint density at radius 2 is 2.14 bits per heavy atom. The number of nitrogens with zero attached hydrogens (tertiary/aromatic N) is 1. The molecule has 0 saturated carbocycles. The van der Waals surface area contributed by atoms with Gasteiger partial charge in [-0.05, 0) is 31.5 Å². The average Bonchev–Trinajstić information content (AvgIpc) is 2.83. The Balaban J connectivity index is 2.02. The van der Waals surface area contributed by atoms with Gasteiger partial charge in [-0.15, -0.1) is 11.3 Å². The van der Waals surface area contributed by atoms with E-state index < -0.39 is 17.8 Å². The van der Waals surface area contributed by atoms with Crippen LogP contribution in [0.4, 0.5) is 13.2 Å². The topological polar surface area (TPSA) is 42.0 Å². The van der Waals surface area contributed by atoms with Gasteiger partial charge in [0, 0.05) is 5.38 Å². The normalized spacial score (nSPS) is 13.0. The molecule has 1 unspecified atom stereocenters. The lowest BCUT2D eigenvalue weighted by Crippen LogP contribution is -2.28. The molecule has 1 aromatic heterocycles. The van der Waals surface area contributed by atoms with Crippen molar-refractivity contribution < 1.29 is 18.0 Å². The molecule has 0 aliphatic carbocycles. The molecular weight excluding hydrogens is 313 g/mol. The Bertz CT molecular complexity index is 667. The third-order valence-electron chi connectivity index (χ3n) is 3.10. The fraction of sp³-hybridized carbons (Fsp3) is 0.333. The molecule has 2 aromatic rings. The Labute approximate surface area is 130 Å². The highest BCUT2D eigenvalue weighted by molar-refractivity contribution is 7.09. The summed E-state index contributed by atoms with van der Waals surface area (Å²) < 4.78 is 38.1. The minimum atomic E-state index is -4.39. The van der Waals surface area contributed by atoms with E-state index in [0.29, 0.717) is 11.3 Å². The molecule has 1 heterocycles. The SMILES string of the molecule is Cc1nc(CC(=O)NC(C)c2cccc(C(F)(F)F)c2)cs1. The zero-order valence-corrected chi connectivity index (χ0v) is 12.9. The predicted octanol–water partition coefficient (Wildman–Crippen LogP) is 3.89. The van der Waals surface area contributed by atoms with Crippen LogP contribution in [0.1, 0.15) is 34.8 Å². The number of rotatable bonds is 4. The Hall–Kier alpha value is -1.89. The summed E-state index contributed by atoms with van der Waals surface area (Å²) in [7, 11) is 0. The molecule has 7 heteroatoms. The van der Waals surface area contributed by atoms with Crippen LogP contribution < -0.4 is 5.32 Å². The molecule has 1 amide bonds. The van der Waals surface area contributed by atoms with Crippen molar-refractivity contribution in [3.63, 3.8) is 0 Å². The third-order valence-corrected chi connectivity index (χ3v) is 3.92. The second-order valence-electron chi connectivity index (χ2n) is 4.95. The van der Waals surface area contributed by atoms with Crippen molar-refractivity contribution in [3.05, 3.63) is 51.5 Å². The molecule has 1 aromatic carbocycles. The van der Waals surface area contributed by atoms with Crippen molar-refractivity contribution in [3.8, 4) is 0 Å². The molecule has 118 valence electrons. The Morgan fingerprint density at radius 1 is 1.41 bits per heavy atom. The predicted molar refractivity (Wildman–Crippen MR) is 78.6 cm³/mol. The number of carbonyl (C=O) groups is 1. The summed E-state index contributed by atoms with van der Waals surface area (Å²) >= 11 is 1.45. The summed E-state index contributed by atoms with van der Waals surface area (Å²) in [5, 5.41) is 5.36. The third kappa shape index (κ3) is 4.30. The van der Waals surface area contributed by atoms with E-state index in [-0.39, 0.29) is 12.3 Å². The molecule has 0 saturated heterocycles. The first-order valence-electron chi connectivity index (χ1n) is 6.63. The fourth-order valence-electron chi connectivity index (χ4n) is 2.01. The van der Waals surface area contributed by atoms with Gasteiger partial charge in [-0.3, -0.25) is 4.79 Å². The van der Waals surface area contributed by atoms with Crippen LogP contribution in [-0.4, -0.2) is 10.9 Å². The van der Waals surface area contributed by atoms with E-state index in [4.69, 9.17) is 0 Å². The second kappa shape index (κ2) is 6.48. The maximum Gasteiger partial charge on any atom is 0.416 e. The van der Waals surface area contributed by atoms with Crippen LogP contribution >= 0.6 is 11.3 Å². The zero-order valence-electron chi connectivity index (χ0n) is 12.1. The summed E-state index contributed by atoms with van der Waals surface area (Å²) in [5.41, 5.74) is 0.357. The van der Waals surface area contributed by atoms with Crippen molar-refractivity contribution in [1.29, 1.82) is 0 Å². The smallest absolute Gasteiger partial charge is 0.349 e. The first-order chi connectivity index (χ1) is 10.3. The minimum absolute atomic E-state index is 0.119. The molecule has 0 aliphatic heterocycles. The van der Waals surface area contributed by atoms with Gasteiger partial charge in [0.05, 0.1) is 28.7 Å². The number of halogens is 3. The van der Waals surface area contributed by atoms with Crippen LogP contribution in [0.5, 0.6) is 0 Å². The monoisotopic (exact) mass is 328 g/mol. The first-order valence-corrected chi connectivity index (χ1v) is 7.51. The lowest BCUT2D eigenvalue weighted by molar-refractivity contribution is -0.137. The van der Waals surface area contributed by atoms with Crippen molar-refractivity contribution in [1.82, 2.24) is 10.3 Å². The van der Waals surface area contributed by atoms with Gasteiger partial charge in [-0.2, -0.15) is 13.2 Å². The molecule has 0 aliphatic rings. The van der Waals surface area contributed by atoms with E-state index >= 15 is 0 Å². The number of aryl methyl sites for hydroxylation is 1. The van der Waals surface area contributed by atoms with Gasteiger partial charge < -0.3 is 5.32 Å². The molecule has 0 fully saturated rings. The highest BCUT2D eigenvalue weighted by Crippen LogP contribution is 2.30. The number of aromatic nitrogens is 1. The summed E-state index contributed by atoms with van der Waals surface area (Å²) in [6.45, 7) is 3.50. The van der Waals surface area contributed by atoms with E-state index in [0.717, 1.165) is 17.1 Å². The van der Waals surface area contributed by atoms with Gasteiger partial charge in [0.15, 0.2) is 0 Å². The number of thiazole rings is 1. The molecule has 0 spiro atoms. The first kappa shape index (κ1) is 16.5. The minimum Gasteiger partial charge on any atom is -0.349 e. The van der Waals surface area contributed by atoms with Crippen molar-refractivity contribution in [2.45, 2.75) is 32.5 Å². The van der Waals surface area contributed by atoms with Gasteiger partial charge in [-0.1, -0.05) is 12.1 Å². The molecule has 22 heavy (non-hydrogen) atoms. The van der Waals surface area contributed by atoms with E-state index in [1.54, 1.807) is 18.4 Å². The number of hydrogen-bond donors (Lipinski definition) is 1. The highest BCUT2D eigenvalue weighted by Gasteiger charge is 2.30. The second-order valence-corrected chi connectivity index (χ2v) is 6.01. The number of alkyl halides is 3. The quantitative estimate of drug-likeness (QED) is 0.925. The van der Waals surface area contributed by atoms with Gasteiger partial charge >= 0.3 is 6.18 Å². The number of amides is 1. The zero-order chi connectivity index (χ0) is 16.3. The number of benzene rings is 1. The van der Waals surface area contributed by atoms with Crippen LogP contribution in [0, 0.1) is 6.92 Å². The molecule has 0 radical (unpaired) electrons. The standard InChI is InChI=1S/C15H15F3N2OS/c1-9(11-4-3-5-12(6-11)15(16,17)18)19-14(21)7-13-8-22-10(2)20-13/h3-6,8-9H,7H2,1-2H3,(H,19,21). The Kier molecular flexibility index (Phi) is 4.85. The summed E-state index contributed by atoms with van der Waals surface area (Å²) in [5.74, 6) is -0.268. The lowest BCUT2D eigenvalue weighted by Gasteiger charge is -2.16. The summed E-state index contributed by atoms with van der Waals surface area (Å²) in [6, 6.07) is 4.46. The average molecular weight is 328 g/mol. The van der Waals surface area contributed by atoms with E-state index in [1.165, 1.54) is 17.4 Å². The number of nitrogens with one attached hydrogen (secondary N) is 1. The van der Waals surface area contributed by atoms with Crippen molar-refractivity contribution in [2.75, 3.05) is 0 Å². The molecular formula is C15H15F3N2OS. The van der Waals surface area contributed by atoms with Crippen LogP contribution in [0.2, 0.25) is 0 Å². The number of hydrogen-bond acceptors (Lipinski definition) is 3. The van der Waals surface area contributed by atoms with Crippen LogP contribution in [0.3, 0.4) is 0 Å². The van der Waals surface area contributed by atoms with Crippen LogP contribution in [0.15, 0.2) is 29.6 Å². The molecule has 0 bridgehead atoms. The van der Waals surface area contributed by atoms with Crippen molar-refractivity contribution >= 4 is 17.2 Å². The van der Waals surface area contributed by atoms with Gasteiger partial charge in [0.2, 0.25) is 5.91 Å². The van der Waals surface area contributed by atoms with Gasteiger partial charge in [-0.25, -0.2) is 4.98 Å². The van der Waals surface area contributed by atoms with Gasteiger partial charge in [0.1, 0.15) is 0 Å². The van der Waals surface area contributed by atoms with Crippen LogP contribution in [-0.2, 0) is 17.4 Å². The van der Waals surface area contributed by atoms with E-state index in [2.05, 4.69) is 10.3 Å². The number of carbonyl (C=O) groups excluding carboxylic acids is 1. The summed E-state index contributed by atoms with van der Waals surface area (Å²) in [6.07, 6.45) is -4.27. The fourth-order valence-corrected chi connectivity index (χ4v) is 2.63. The van der Waals surface area contributed by atoms with Crippen molar-refractivity contribution in [2.24, 2.45) is 0 Å². The lowest BCUT2D eigenvalue weighted by atomic mass is 10.0.